The van der Waals surface area contributed by atoms with Crippen LogP contribution in [0.15, 0.2) is 6.33 Å². The van der Waals surface area contributed by atoms with Crippen molar-refractivity contribution in [3.8, 4) is 0 Å². The lowest BCUT2D eigenvalue weighted by Crippen LogP contribution is -2.31. The maximum Gasteiger partial charge on any atom is 0.220 e. The molecule has 26 heteroatoms. The summed E-state index contributed by atoms with van der Waals surface area (Å²) in [4.78, 5) is 89.6. The van der Waals surface area contributed by atoms with Gasteiger partial charge in [0, 0.05) is 70.0 Å². The Balaban J connectivity index is 0.000000534. The molecule has 3 heterocycles. The summed E-state index contributed by atoms with van der Waals surface area (Å²) in [6.45, 7) is 9.74. The Morgan fingerprint density at radius 2 is 0.831 bits per heavy atom. The lowest BCUT2D eigenvalue weighted by atomic mass is 9.69. The molecule has 0 saturated heterocycles. The van der Waals surface area contributed by atoms with E-state index in [1.165, 1.54) is 41.7 Å². The monoisotopic (exact) mass is 987 g/mol. The largest absolute Gasteiger partial charge is 0.356 e. The third-order valence-electron chi connectivity index (χ3n) is 10.7. The Labute approximate surface area is 417 Å². The van der Waals surface area contributed by atoms with Crippen LogP contribution in [0.3, 0.4) is 0 Å². The standard InChI is InChI=1S/C16H25BN5O3.C15H23BN5O3.C14H24N6O2/c1-12(24)14(10-17-11-23)7-8-16(25)18-9-5-3-4-6-15-21-19-13(2)20-22-15;1-12(23)13(9-16-10-22)6-7-15(24)17-8-4-2-3-5-14-20-18-11-19-21-14;1-10(21)12(15)7-8-14(22)16-9-5-3-4-6-13-19-17-11(2)18-20-13/h11,14H,3-10H2,1-2H3,(H,18,25);10-11,13H,2-9H2,1H3,(H,17,24);12H,3-9,15H2,1-2H3,(H,16,22). The Kier molecular flexibility index (Phi) is 35.7. The quantitative estimate of drug-likeness (QED) is 0.0361. The molecule has 0 aliphatic heterocycles. The van der Waals surface area contributed by atoms with Gasteiger partial charge in [0.15, 0.2) is 50.0 Å². The van der Waals surface area contributed by atoms with Gasteiger partial charge >= 0.3 is 0 Å². The fraction of sp³-hybridized carbons (Fsp3) is 0.689. The Morgan fingerprint density at radius 3 is 1.15 bits per heavy atom. The number of nitrogens with one attached hydrogen (secondary N) is 3. The lowest BCUT2D eigenvalue weighted by molar-refractivity contribution is -0.124. The highest BCUT2D eigenvalue weighted by atomic mass is 16.2. The number of hydrogen-bond donors (Lipinski definition) is 4. The van der Waals surface area contributed by atoms with Gasteiger partial charge in [0.25, 0.3) is 0 Å². The van der Waals surface area contributed by atoms with Crippen LogP contribution in [0.1, 0.15) is 146 Å². The van der Waals surface area contributed by atoms with E-state index in [1.807, 2.05) is 0 Å². The normalized spacial score (nSPS) is 11.7. The maximum atomic E-state index is 11.8. The van der Waals surface area contributed by atoms with Crippen molar-refractivity contribution >= 4 is 62.0 Å². The van der Waals surface area contributed by atoms with E-state index in [0.717, 1.165) is 77.0 Å². The predicted molar refractivity (Wildman–Crippen MR) is 263 cm³/mol. The summed E-state index contributed by atoms with van der Waals surface area (Å²) in [5.74, 6) is 2.26. The highest BCUT2D eigenvalue weighted by Gasteiger charge is 2.17. The minimum Gasteiger partial charge on any atom is -0.356 e. The predicted octanol–water partition coefficient (Wildman–Crippen LogP) is 1.20. The van der Waals surface area contributed by atoms with Crippen molar-refractivity contribution in [1.29, 1.82) is 0 Å². The second kappa shape index (κ2) is 40.4. The SMILES string of the molecule is CC(=O)C(C[B]C=O)CCC(=O)NCCCCCc1nnc(C)nn1.CC(=O)C(C[B]C=O)CCC(=O)NCCCCCc1nncnn1.CC(=O)C(N)CCC(=O)NCCCCCc1nnc(C)nn1. The van der Waals surface area contributed by atoms with Gasteiger partial charge in [-0.15, -0.1) is 61.2 Å². The number of unbranched alkanes of at least 4 members (excludes halogenated alkanes) is 6. The number of aromatic nitrogens is 12. The van der Waals surface area contributed by atoms with Gasteiger partial charge in [-0.3, -0.25) is 28.8 Å². The Hall–Kier alpha value is -6.33. The first kappa shape index (κ1) is 62.7. The summed E-state index contributed by atoms with van der Waals surface area (Å²) in [6, 6.07) is -0.539. The fourth-order valence-corrected chi connectivity index (χ4v) is 6.35. The van der Waals surface area contributed by atoms with Crippen LogP contribution >= 0.6 is 0 Å². The van der Waals surface area contributed by atoms with Crippen LogP contribution in [0.25, 0.3) is 0 Å². The summed E-state index contributed by atoms with van der Waals surface area (Å²) in [7, 11) is 2.85. The zero-order valence-corrected chi connectivity index (χ0v) is 42.1. The number of ketones is 3. The molecular weight excluding hydrogens is 914 g/mol. The summed E-state index contributed by atoms with van der Waals surface area (Å²) in [6.07, 6.45) is 16.1. The Bertz CT molecular complexity index is 1990. The number of carbonyl (C=O) groups excluding carboxylic acids is 8. The van der Waals surface area contributed by atoms with Crippen molar-refractivity contribution in [1.82, 2.24) is 77.1 Å². The van der Waals surface area contributed by atoms with Crippen LogP contribution in [0.5, 0.6) is 0 Å². The summed E-state index contributed by atoms with van der Waals surface area (Å²) in [5, 5.41) is 54.8. The first-order valence-corrected chi connectivity index (χ1v) is 24.3. The molecule has 3 rings (SSSR count). The van der Waals surface area contributed by atoms with Gasteiger partial charge in [0.2, 0.25) is 17.7 Å². The van der Waals surface area contributed by atoms with Crippen LogP contribution in [-0.4, -0.2) is 149 Å². The molecule has 3 aromatic heterocycles. The van der Waals surface area contributed by atoms with Gasteiger partial charge in [-0.25, -0.2) is 0 Å². The van der Waals surface area contributed by atoms with Gasteiger partial charge in [0.1, 0.15) is 17.3 Å². The van der Waals surface area contributed by atoms with Crippen molar-refractivity contribution in [2.24, 2.45) is 17.6 Å². The van der Waals surface area contributed by atoms with Crippen LogP contribution < -0.4 is 21.7 Å². The highest BCUT2D eigenvalue weighted by molar-refractivity contribution is 6.67. The molecule has 71 heavy (non-hydrogen) atoms. The molecule has 2 radical (unpaired) electrons. The molecule has 0 aliphatic rings. The molecule has 3 unspecified atom stereocenters. The van der Waals surface area contributed by atoms with Crippen molar-refractivity contribution in [2.45, 2.75) is 169 Å². The van der Waals surface area contributed by atoms with Crippen molar-refractivity contribution in [3.63, 3.8) is 0 Å². The van der Waals surface area contributed by atoms with E-state index in [4.69, 9.17) is 5.73 Å². The van der Waals surface area contributed by atoms with E-state index in [2.05, 4.69) is 77.1 Å². The number of nitrogens with zero attached hydrogens (tertiary/aromatic N) is 12. The molecule has 3 atom stereocenters. The van der Waals surface area contributed by atoms with Gasteiger partial charge in [0.05, 0.1) is 18.4 Å². The minimum atomic E-state index is -0.539. The number of nitrogens with two attached hydrogens (primary N) is 1. The molecular formula is C45H72B2N16O8. The average Bonchev–Trinajstić information content (AvgIpc) is 3.35. The summed E-state index contributed by atoms with van der Waals surface area (Å²) in [5.41, 5.74) is 5.57. The molecule has 0 bridgehead atoms. The zero-order valence-electron chi connectivity index (χ0n) is 42.1. The highest BCUT2D eigenvalue weighted by Crippen LogP contribution is 2.14. The third kappa shape index (κ3) is 34.6. The van der Waals surface area contributed by atoms with Gasteiger partial charge in [-0.2, -0.15) is 0 Å². The van der Waals surface area contributed by atoms with Crippen molar-refractivity contribution in [2.75, 3.05) is 19.6 Å². The van der Waals surface area contributed by atoms with Crippen LogP contribution in [0.2, 0.25) is 12.6 Å². The van der Waals surface area contributed by atoms with E-state index in [-0.39, 0.29) is 53.3 Å². The third-order valence-corrected chi connectivity index (χ3v) is 10.7. The second-order valence-electron chi connectivity index (χ2n) is 16.8. The molecule has 0 spiro atoms. The van der Waals surface area contributed by atoms with E-state index < -0.39 is 6.04 Å². The zero-order chi connectivity index (χ0) is 52.5. The molecule has 0 aliphatic carbocycles. The van der Waals surface area contributed by atoms with Crippen molar-refractivity contribution in [3.05, 3.63) is 35.4 Å². The Morgan fingerprint density at radius 1 is 0.493 bits per heavy atom. The molecule has 0 saturated carbocycles. The maximum absolute atomic E-state index is 11.8. The van der Waals surface area contributed by atoms with E-state index in [0.29, 0.717) is 106 Å². The second-order valence-corrected chi connectivity index (χ2v) is 16.8. The molecule has 0 fully saturated rings. The van der Waals surface area contributed by atoms with Crippen LogP contribution in [0, 0.1) is 25.7 Å². The number of hydrogen-bond acceptors (Lipinski definition) is 21. The molecule has 24 nitrogen and oxygen atoms in total. The molecule has 5 N–H and O–H groups in total. The van der Waals surface area contributed by atoms with Gasteiger partial charge in [-0.05, 0) is 92.4 Å². The molecule has 0 aromatic carbocycles. The molecule has 3 aromatic rings. The smallest absolute Gasteiger partial charge is 0.220 e. The van der Waals surface area contributed by atoms with Crippen LogP contribution in [0.4, 0.5) is 0 Å². The van der Waals surface area contributed by atoms with Gasteiger partial charge in [-0.1, -0.05) is 31.9 Å². The number of Topliss-reactive ketones (excluding diaryl/α,β-unsaturated/α-hetero) is 3. The first-order valence-electron chi connectivity index (χ1n) is 24.3. The number of aryl methyl sites for hydroxylation is 5. The lowest BCUT2D eigenvalue weighted by Gasteiger charge is -2.11. The number of carbonyl (C=O) groups is 8. The summed E-state index contributed by atoms with van der Waals surface area (Å²) >= 11 is 0. The van der Waals surface area contributed by atoms with E-state index >= 15 is 0 Å². The molecule has 386 valence electrons. The van der Waals surface area contributed by atoms with Crippen LogP contribution in [-0.2, 0) is 57.6 Å². The number of rotatable bonds is 36. The number of amides is 3. The van der Waals surface area contributed by atoms with E-state index in [1.54, 1.807) is 13.8 Å². The van der Waals surface area contributed by atoms with Crippen molar-refractivity contribution < 1.29 is 38.4 Å². The first-order chi connectivity index (χ1) is 34.1. The fourth-order valence-electron chi connectivity index (χ4n) is 6.35. The minimum absolute atomic E-state index is 0.00742. The van der Waals surface area contributed by atoms with Gasteiger partial charge < -0.3 is 31.3 Å². The van der Waals surface area contributed by atoms with E-state index in [9.17, 15) is 38.4 Å². The topological polar surface area (TPSA) is 353 Å². The average molecular weight is 987 g/mol. The molecule has 3 amide bonds. The summed E-state index contributed by atoms with van der Waals surface area (Å²) < 4.78 is 0.